The molecule has 1 fully saturated rings. The Bertz CT molecular complexity index is 174. The van der Waals surface area contributed by atoms with Crippen LogP contribution in [0.15, 0.2) is 0 Å². The van der Waals surface area contributed by atoms with E-state index in [1.807, 2.05) is 13.8 Å². The molecule has 0 aromatic rings. The Labute approximate surface area is 66.0 Å². The summed E-state index contributed by atoms with van der Waals surface area (Å²) in [4.78, 5) is 10.7. The van der Waals surface area contributed by atoms with Gasteiger partial charge in [0.05, 0.1) is 12.0 Å². The first-order valence-corrected chi connectivity index (χ1v) is 3.86. The molecule has 1 rings (SSSR count). The molecule has 64 valence electrons. The number of carbonyl (C=O) groups is 1. The van der Waals surface area contributed by atoms with Gasteiger partial charge in [0.1, 0.15) is 0 Å². The highest BCUT2D eigenvalue weighted by molar-refractivity contribution is 5.72. The third-order valence-corrected chi connectivity index (χ3v) is 2.58. The highest BCUT2D eigenvalue weighted by Gasteiger charge is 2.45. The van der Waals surface area contributed by atoms with Crippen LogP contribution in [0.3, 0.4) is 0 Å². The lowest BCUT2D eigenvalue weighted by Gasteiger charge is -2.24. The Morgan fingerprint density at radius 2 is 2.09 bits per heavy atom. The van der Waals surface area contributed by atoms with Crippen molar-refractivity contribution in [1.82, 2.24) is 0 Å². The van der Waals surface area contributed by atoms with E-state index in [1.54, 1.807) is 0 Å². The molecule has 0 aromatic carbocycles. The molecule has 1 aliphatic rings. The van der Waals surface area contributed by atoms with Crippen LogP contribution >= 0.6 is 0 Å². The number of carboxylic acids is 1. The largest absolute Gasteiger partial charge is 0.481 e. The maximum atomic E-state index is 10.7. The Balaban J connectivity index is 2.80. The fourth-order valence-corrected chi connectivity index (χ4v) is 1.86. The van der Waals surface area contributed by atoms with Crippen LogP contribution < -0.4 is 0 Å². The van der Waals surface area contributed by atoms with E-state index in [-0.39, 0.29) is 5.41 Å². The average Bonchev–Trinajstić information content (AvgIpc) is 2.06. The van der Waals surface area contributed by atoms with Crippen molar-refractivity contribution in [1.29, 1.82) is 0 Å². The van der Waals surface area contributed by atoms with E-state index in [1.165, 1.54) is 0 Å². The van der Waals surface area contributed by atoms with Gasteiger partial charge in [-0.3, -0.25) is 4.79 Å². The van der Waals surface area contributed by atoms with E-state index in [2.05, 4.69) is 0 Å². The summed E-state index contributed by atoms with van der Waals surface area (Å²) in [5.41, 5.74) is -0.245. The molecule has 0 saturated heterocycles. The second-order valence-electron chi connectivity index (χ2n) is 3.91. The van der Waals surface area contributed by atoms with Crippen molar-refractivity contribution in [3.63, 3.8) is 0 Å². The summed E-state index contributed by atoms with van der Waals surface area (Å²) in [6, 6.07) is 0. The lowest BCUT2D eigenvalue weighted by Crippen LogP contribution is -2.32. The molecule has 0 aromatic heterocycles. The van der Waals surface area contributed by atoms with Gasteiger partial charge in [-0.25, -0.2) is 0 Å². The molecule has 0 heterocycles. The van der Waals surface area contributed by atoms with Crippen molar-refractivity contribution in [2.24, 2.45) is 11.3 Å². The van der Waals surface area contributed by atoms with Gasteiger partial charge < -0.3 is 10.2 Å². The number of hydrogen-bond donors (Lipinski definition) is 2. The van der Waals surface area contributed by atoms with Crippen LogP contribution in [0.1, 0.15) is 26.7 Å². The third kappa shape index (κ3) is 1.38. The van der Waals surface area contributed by atoms with Crippen LogP contribution in [0.25, 0.3) is 0 Å². The van der Waals surface area contributed by atoms with Crippen LogP contribution in [0.2, 0.25) is 0 Å². The smallest absolute Gasteiger partial charge is 0.309 e. The predicted molar refractivity (Wildman–Crippen MR) is 40.1 cm³/mol. The zero-order chi connectivity index (χ0) is 8.65. The summed E-state index contributed by atoms with van der Waals surface area (Å²) in [5.74, 6) is -1.46. The summed E-state index contributed by atoms with van der Waals surface area (Å²) < 4.78 is 0. The molecule has 1 saturated carbocycles. The van der Waals surface area contributed by atoms with Gasteiger partial charge in [0, 0.05) is 0 Å². The fourth-order valence-electron chi connectivity index (χ4n) is 1.86. The van der Waals surface area contributed by atoms with Crippen molar-refractivity contribution in [3.05, 3.63) is 0 Å². The van der Waals surface area contributed by atoms with Crippen LogP contribution in [-0.4, -0.2) is 22.3 Å². The molecule has 0 amide bonds. The van der Waals surface area contributed by atoms with Crippen LogP contribution in [0.4, 0.5) is 0 Å². The maximum Gasteiger partial charge on any atom is 0.309 e. The van der Waals surface area contributed by atoms with Gasteiger partial charge in [0.15, 0.2) is 0 Å². The number of aliphatic carboxylic acids is 1. The quantitative estimate of drug-likeness (QED) is 0.595. The van der Waals surface area contributed by atoms with E-state index in [4.69, 9.17) is 5.11 Å². The van der Waals surface area contributed by atoms with E-state index in [0.29, 0.717) is 6.42 Å². The Morgan fingerprint density at radius 3 is 2.27 bits per heavy atom. The van der Waals surface area contributed by atoms with Gasteiger partial charge in [-0.2, -0.15) is 0 Å². The van der Waals surface area contributed by atoms with Crippen LogP contribution in [0, 0.1) is 11.3 Å². The molecule has 3 nitrogen and oxygen atoms in total. The van der Waals surface area contributed by atoms with E-state index < -0.39 is 18.0 Å². The van der Waals surface area contributed by atoms with Crippen LogP contribution in [-0.2, 0) is 4.79 Å². The molecule has 0 radical (unpaired) electrons. The standard InChI is InChI=1S/C8H14O3/c1-8(2)4-3-5(9)6(8)7(10)11/h5-6,9H,3-4H2,1-2H3,(H,10,11). The summed E-state index contributed by atoms with van der Waals surface area (Å²) in [6.45, 7) is 3.78. The molecule has 1 aliphatic carbocycles. The van der Waals surface area contributed by atoms with Crippen molar-refractivity contribution in [2.75, 3.05) is 0 Å². The molecule has 0 aliphatic heterocycles. The topological polar surface area (TPSA) is 57.5 Å². The second kappa shape index (κ2) is 2.48. The Morgan fingerprint density at radius 1 is 1.55 bits per heavy atom. The second-order valence-corrected chi connectivity index (χ2v) is 3.91. The van der Waals surface area contributed by atoms with Crippen molar-refractivity contribution in [3.8, 4) is 0 Å². The highest BCUT2D eigenvalue weighted by Crippen LogP contribution is 2.42. The monoisotopic (exact) mass is 158 g/mol. The molecule has 2 atom stereocenters. The normalized spacial score (nSPS) is 35.5. The molecule has 2 unspecified atom stereocenters. The zero-order valence-electron chi connectivity index (χ0n) is 6.87. The number of aliphatic hydroxyl groups excluding tert-OH is 1. The Hall–Kier alpha value is -0.570. The number of hydrogen-bond acceptors (Lipinski definition) is 2. The number of carboxylic acid groups (broad SMARTS) is 1. The first-order chi connectivity index (χ1) is 4.95. The zero-order valence-corrected chi connectivity index (χ0v) is 6.87. The SMILES string of the molecule is CC1(C)CCC(O)C1C(=O)O. The predicted octanol–water partition coefficient (Wildman–Crippen LogP) is 0.868. The van der Waals surface area contributed by atoms with Crippen LogP contribution in [0.5, 0.6) is 0 Å². The summed E-state index contributed by atoms with van der Waals surface area (Å²) in [5, 5.41) is 18.1. The molecular formula is C8H14O3. The van der Waals surface area contributed by atoms with E-state index >= 15 is 0 Å². The van der Waals surface area contributed by atoms with Gasteiger partial charge in [-0.15, -0.1) is 0 Å². The molecule has 0 bridgehead atoms. The van der Waals surface area contributed by atoms with Crippen molar-refractivity contribution < 1.29 is 15.0 Å². The van der Waals surface area contributed by atoms with Gasteiger partial charge in [-0.1, -0.05) is 13.8 Å². The minimum Gasteiger partial charge on any atom is -0.481 e. The first kappa shape index (κ1) is 8.53. The Kier molecular flexibility index (Phi) is 1.92. The summed E-state index contributed by atoms with van der Waals surface area (Å²) in [6.07, 6.45) is 0.761. The summed E-state index contributed by atoms with van der Waals surface area (Å²) >= 11 is 0. The third-order valence-electron chi connectivity index (χ3n) is 2.58. The van der Waals surface area contributed by atoms with Gasteiger partial charge >= 0.3 is 5.97 Å². The van der Waals surface area contributed by atoms with E-state index in [0.717, 1.165) is 6.42 Å². The van der Waals surface area contributed by atoms with Gasteiger partial charge in [0.2, 0.25) is 0 Å². The number of rotatable bonds is 1. The molecule has 2 N–H and O–H groups in total. The summed E-state index contributed by atoms with van der Waals surface area (Å²) in [7, 11) is 0. The minimum absolute atomic E-state index is 0.245. The molecule has 3 heteroatoms. The molecule has 11 heavy (non-hydrogen) atoms. The van der Waals surface area contributed by atoms with E-state index in [9.17, 15) is 9.90 Å². The fraction of sp³-hybridized carbons (Fsp3) is 0.875. The highest BCUT2D eigenvalue weighted by atomic mass is 16.4. The van der Waals surface area contributed by atoms with Gasteiger partial charge in [0.25, 0.3) is 0 Å². The lowest BCUT2D eigenvalue weighted by atomic mass is 9.81. The van der Waals surface area contributed by atoms with Gasteiger partial charge in [-0.05, 0) is 18.3 Å². The maximum absolute atomic E-state index is 10.7. The molecule has 0 spiro atoms. The van der Waals surface area contributed by atoms with Crippen molar-refractivity contribution in [2.45, 2.75) is 32.8 Å². The average molecular weight is 158 g/mol. The lowest BCUT2D eigenvalue weighted by molar-refractivity contribution is -0.148. The minimum atomic E-state index is -0.875. The number of aliphatic hydroxyl groups is 1. The first-order valence-electron chi connectivity index (χ1n) is 3.86. The molecular weight excluding hydrogens is 144 g/mol. The van der Waals surface area contributed by atoms with Crippen molar-refractivity contribution >= 4 is 5.97 Å².